The van der Waals surface area contributed by atoms with Gasteiger partial charge in [-0.15, -0.1) is 0 Å². The number of hydrogen-bond donors (Lipinski definition) is 0. The molecule has 5 rings (SSSR count). The lowest BCUT2D eigenvalue weighted by atomic mass is 9.77. The summed E-state index contributed by atoms with van der Waals surface area (Å²) in [5.74, 6) is 1.73. The first-order valence-corrected chi connectivity index (χ1v) is 11.0. The maximum atomic E-state index is 12.5. The monoisotopic (exact) mass is 426 g/mol. The lowest BCUT2D eigenvalue weighted by molar-refractivity contribution is -0.131. The average Bonchev–Trinajstić information content (AvgIpc) is 3.24. The largest absolute Gasteiger partial charge is 0.497 e. The lowest BCUT2D eigenvalue weighted by Crippen LogP contribution is -2.31. The fourth-order valence-corrected chi connectivity index (χ4v) is 4.71. The van der Waals surface area contributed by atoms with Crippen LogP contribution in [0.5, 0.6) is 11.5 Å². The Morgan fingerprint density at radius 2 is 1.78 bits per heavy atom. The highest BCUT2D eigenvalue weighted by Gasteiger charge is 2.43. The number of rotatable bonds is 5. The number of methoxy groups -OCH3 is 1. The Morgan fingerprint density at radius 3 is 2.50 bits per heavy atom. The number of hydrazone groups is 1. The minimum atomic E-state index is -0.106. The van der Waals surface area contributed by atoms with E-state index in [0.29, 0.717) is 6.61 Å². The van der Waals surface area contributed by atoms with Crippen molar-refractivity contribution in [2.45, 2.75) is 32.4 Å². The topological polar surface area (TPSA) is 51.1 Å². The first-order valence-electron chi connectivity index (χ1n) is 11.0. The van der Waals surface area contributed by atoms with Gasteiger partial charge in [-0.3, -0.25) is 4.79 Å². The van der Waals surface area contributed by atoms with Crippen LogP contribution in [0.4, 0.5) is 0 Å². The number of benzene rings is 3. The van der Waals surface area contributed by atoms with Gasteiger partial charge in [0.25, 0.3) is 0 Å². The zero-order valence-corrected chi connectivity index (χ0v) is 18.3. The Kier molecular flexibility index (Phi) is 5.39. The fraction of sp³-hybridized carbons (Fsp3) is 0.259. The number of amides is 1. The Bertz CT molecular complexity index is 1160. The second-order valence-electron chi connectivity index (χ2n) is 8.31. The van der Waals surface area contributed by atoms with Gasteiger partial charge >= 0.3 is 0 Å². The number of carbonyl (C=O) groups excluding carboxylic acids is 1. The maximum Gasteiger partial charge on any atom is 0.240 e. The van der Waals surface area contributed by atoms with Gasteiger partial charge in [0.05, 0.1) is 18.9 Å². The normalized spacial score (nSPS) is 19.1. The van der Waals surface area contributed by atoms with Gasteiger partial charge in [0.1, 0.15) is 18.1 Å². The van der Waals surface area contributed by atoms with Gasteiger partial charge in [-0.2, -0.15) is 5.10 Å². The second-order valence-corrected chi connectivity index (χ2v) is 8.31. The number of fused-ring (bicyclic) bond motifs is 3. The number of hydrogen-bond acceptors (Lipinski definition) is 4. The van der Waals surface area contributed by atoms with E-state index in [1.54, 1.807) is 19.0 Å². The smallest absolute Gasteiger partial charge is 0.240 e. The average molecular weight is 427 g/mol. The zero-order valence-electron chi connectivity index (χ0n) is 18.3. The van der Waals surface area contributed by atoms with Gasteiger partial charge in [0, 0.05) is 18.4 Å². The van der Waals surface area contributed by atoms with Crippen LogP contribution in [-0.2, 0) is 17.8 Å². The van der Waals surface area contributed by atoms with Crippen LogP contribution in [0.15, 0.2) is 77.9 Å². The molecule has 1 aliphatic heterocycles. The molecule has 0 fully saturated rings. The predicted octanol–water partition coefficient (Wildman–Crippen LogP) is 5.14. The highest BCUT2D eigenvalue weighted by molar-refractivity contribution is 6.07. The van der Waals surface area contributed by atoms with Crippen molar-refractivity contribution < 1.29 is 14.3 Å². The first kappa shape index (κ1) is 20.3. The molecule has 5 heteroatoms. The maximum absolute atomic E-state index is 12.5. The summed E-state index contributed by atoms with van der Waals surface area (Å²) in [5, 5.41) is 6.44. The molecule has 3 aromatic carbocycles. The summed E-state index contributed by atoms with van der Waals surface area (Å²) >= 11 is 0. The molecule has 0 unspecified atom stereocenters. The van der Waals surface area contributed by atoms with Gasteiger partial charge in [0.2, 0.25) is 5.91 Å². The first-order chi connectivity index (χ1) is 15.6. The summed E-state index contributed by atoms with van der Waals surface area (Å²) in [5.41, 5.74) is 5.54. The third-order valence-corrected chi connectivity index (χ3v) is 6.32. The highest BCUT2D eigenvalue weighted by Crippen LogP contribution is 2.44. The van der Waals surface area contributed by atoms with Crippen LogP contribution in [0.25, 0.3) is 0 Å². The molecule has 162 valence electrons. The molecule has 0 saturated heterocycles. The van der Waals surface area contributed by atoms with Gasteiger partial charge in [-0.25, -0.2) is 5.01 Å². The summed E-state index contributed by atoms with van der Waals surface area (Å²) in [6.07, 6.45) is 1.92. The molecular formula is C27H26N2O3. The van der Waals surface area contributed by atoms with E-state index in [9.17, 15) is 4.79 Å². The van der Waals surface area contributed by atoms with Crippen molar-refractivity contribution in [3.8, 4) is 11.5 Å². The molecule has 0 aromatic heterocycles. The van der Waals surface area contributed by atoms with Crippen LogP contribution in [0.2, 0.25) is 0 Å². The molecule has 32 heavy (non-hydrogen) atoms. The zero-order chi connectivity index (χ0) is 22.1. The molecule has 2 atom stereocenters. The van der Waals surface area contributed by atoms with E-state index in [0.717, 1.165) is 46.7 Å². The van der Waals surface area contributed by atoms with E-state index in [4.69, 9.17) is 14.6 Å². The Balaban J connectivity index is 1.40. The molecular weight excluding hydrogens is 400 g/mol. The Labute approximate surface area is 188 Å². The van der Waals surface area contributed by atoms with E-state index in [-0.39, 0.29) is 17.9 Å². The molecule has 0 N–H and O–H groups in total. The number of ether oxygens (including phenoxy) is 2. The summed E-state index contributed by atoms with van der Waals surface area (Å²) in [7, 11) is 1.67. The van der Waals surface area contributed by atoms with Crippen molar-refractivity contribution in [1.29, 1.82) is 0 Å². The molecule has 0 saturated carbocycles. The van der Waals surface area contributed by atoms with Crippen molar-refractivity contribution in [2.24, 2.45) is 11.0 Å². The van der Waals surface area contributed by atoms with Crippen molar-refractivity contribution in [1.82, 2.24) is 5.01 Å². The van der Waals surface area contributed by atoms with E-state index in [1.165, 1.54) is 5.56 Å². The van der Waals surface area contributed by atoms with E-state index in [1.807, 2.05) is 54.6 Å². The molecule has 0 spiro atoms. The van der Waals surface area contributed by atoms with Crippen molar-refractivity contribution in [3.63, 3.8) is 0 Å². The van der Waals surface area contributed by atoms with E-state index >= 15 is 0 Å². The van der Waals surface area contributed by atoms with Crippen molar-refractivity contribution in [3.05, 3.63) is 95.1 Å². The van der Waals surface area contributed by atoms with Crippen LogP contribution in [0.3, 0.4) is 0 Å². The third-order valence-electron chi connectivity index (χ3n) is 6.32. The minimum Gasteiger partial charge on any atom is -0.497 e. The molecule has 5 nitrogen and oxygen atoms in total. The van der Waals surface area contributed by atoms with Crippen LogP contribution in [0.1, 0.15) is 41.6 Å². The molecule has 3 aromatic rings. The Morgan fingerprint density at radius 1 is 1.03 bits per heavy atom. The molecule has 1 amide bonds. The molecule has 2 aliphatic rings. The predicted molar refractivity (Wildman–Crippen MR) is 124 cm³/mol. The second kappa shape index (κ2) is 8.50. The van der Waals surface area contributed by atoms with Gasteiger partial charge < -0.3 is 9.47 Å². The lowest BCUT2D eigenvalue weighted by Gasteiger charge is -2.29. The summed E-state index contributed by atoms with van der Waals surface area (Å²) in [4.78, 5) is 12.5. The standard InChI is InChI=1S/C27H26N2O3/c1-18(30)29-27(21-9-12-22(13-10-21)32-17-19-6-4-3-5-7-19)24-15-11-20-8-14-23(31-2)16-25(20)26(24)28-29/h3-10,12-14,16,24,27H,11,15,17H2,1-2H3/t24-,27-/m0/s1. The van der Waals surface area contributed by atoms with Crippen LogP contribution < -0.4 is 9.47 Å². The van der Waals surface area contributed by atoms with Crippen LogP contribution in [-0.4, -0.2) is 23.7 Å². The molecule has 1 aliphatic carbocycles. The van der Waals surface area contributed by atoms with Crippen LogP contribution in [0, 0.1) is 5.92 Å². The number of aryl methyl sites for hydroxylation is 1. The Hall–Kier alpha value is -3.60. The van der Waals surface area contributed by atoms with Gasteiger partial charge in [0.15, 0.2) is 0 Å². The number of nitrogens with zero attached hydrogens (tertiary/aromatic N) is 2. The quantitative estimate of drug-likeness (QED) is 0.567. The van der Waals surface area contributed by atoms with Crippen molar-refractivity contribution in [2.75, 3.05) is 7.11 Å². The van der Waals surface area contributed by atoms with Crippen molar-refractivity contribution >= 4 is 11.6 Å². The van der Waals surface area contributed by atoms with E-state index < -0.39 is 0 Å². The molecule has 0 bridgehead atoms. The minimum absolute atomic E-state index is 0.0502. The summed E-state index contributed by atoms with van der Waals surface area (Å²) in [6, 6.07) is 24.2. The van der Waals surface area contributed by atoms with Gasteiger partial charge in [-0.1, -0.05) is 48.5 Å². The summed E-state index contributed by atoms with van der Waals surface area (Å²) in [6.45, 7) is 2.11. The molecule has 0 radical (unpaired) electrons. The third kappa shape index (κ3) is 3.75. The molecule has 1 heterocycles. The van der Waals surface area contributed by atoms with Crippen LogP contribution >= 0.6 is 0 Å². The highest BCUT2D eigenvalue weighted by atomic mass is 16.5. The SMILES string of the molecule is COc1ccc2c(c1)C1=NN(C(C)=O)[C@@H](c3ccc(OCc4ccccc4)cc3)[C@H]1CC2. The van der Waals surface area contributed by atoms with E-state index in [2.05, 4.69) is 18.2 Å². The summed E-state index contributed by atoms with van der Waals surface area (Å²) < 4.78 is 11.4. The van der Waals surface area contributed by atoms with Gasteiger partial charge in [-0.05, 0) is 53.8 Å². The number of carbonyl (C=O) groups is 1. The fourth-order valence-electron chi connectivity index (χ4n) is 4.71.